The van der Waals surface area contributed by atoms with Gasteiger partial charge in [0.25, 0.3) is 5.69 Å². The number of aromatic carboxylic acids is 1. The van der Waals surface area contributed by atoms with Crippen molar-refractivity contribution in [2.45, 2.75) is 25.3 Å². The molecule has 0 spiro atoms. The van der Waals surface area contributed by atoms with Crippen LogP contribution < -0.4 is 4.90 Å². The minimum Gasteiger partial charge on any atom is -0.477 e. The Balaban J connectivity index is 1.97. The van der Waals surface area contributed by atoms with Crippen molar-refractivity contribution in [1.82, 2.24) is 0 Å². The number of carboxylic acid groups (broad SMARTS) is 1. The summed E-state index contributed by atoms with van der Waals surface area (Å²) < 4.78 is 0. The van der Waals surface area contributed by atoms with Gasteiger partial charge in [-0.2, -0.15) is 0 Å². The van der Waals surface area contributed by atoms with Crippen molar-refractivity contribution >= 4 is 17.3 Å². The summed E-state index contributed by atoms with van der Waals surface area (Å²) in [5.74, 6) is -0.564. The van der Waals surface area contributed by atoms with E-state index in [4.69, 9.17) is 5.11 Å². The van der Waals surface area contributed by atoms with Crippen LogP contribution in [0.15, 0.2) is 18.2 Å². The Labute approximate surface area is 109 Å². The number of piperidine rings is 1. The van der Waals surface area contributed by atoms with Gasteiger partial charge in [-0.1, -0.05) is 0 Å². The molecule has 1 heterocycles. The van der Waals surface area contributed by atoms with E-state index in [1.807, 2.05) is 0 Å². The first-order valence-electron chi connectivity index (χ1n) is 6.34. The Morgan fingerprint density at radius 3 is 2.74 bits per heavy atom. The van der Waals surface area contributed by atoms with Crippen molar-refractivity contribution in [2.24, 2.45) is 5.92 Å². The van der Waals surface area contributed by atoms with Crippen LogP contribution in [0.4, 0.5) is 11.4 Å². The van der Waals surface area contributed by atoms with Crippen molar-refractivity contribution in [1.29, 1.82) is 0 Å². The van der Waals surface area contributed by atoms with Crippen LogP contribution in [0, 0.1) is 16.0 Å². The number of anilines is 1. The van der Waals surface area contributed by atoms with Gasteiger partial charge in [-0.25, -0.2) is 4.79 Å². The summed E-state index contributed by atoms with van der Waals surface area (Å²) in [7, 11) is 0. The third-order valence-corrected chi connectivity index (χ3v) is 4.15. The van der Waals surface area contributed by atoms with Crippen LogP contribution in [0.5, 0.6) is 0 Å². The highest BCUT2D eigenvalue weighted by molar-refractivity contribution is 5.93. The van der Waals surface area contributed by atoms with Gasteiger partial charge in [-0.3, -0.25) is 10.1 Å². The number of rotatable bonds is 3. The maximum Gasteiger partial charge on any atom is 0.342 e. The highest BCUT2D eigenvalue weighted by Crippen LogP contribution is 2.40. The van der Waals surface area contributed by atoms with Gasteiger partial charge in [-0.05, 0) is 37.3 Å². The number of hydrogen-bond donors (Lipinski definition) is 1. The van der Waals surface area contributed by atoms with Crippen molar-refractivity contribution in [3.8, 4) is 0 Å². The molecule has 0 radical (unpaired) electrons. The predicted octanol–water partition coefficient (Wildman–Crippen LogP) is 2.28. The van der Waals surface area contributed by atoms with Gasteiger partial charge in [0.1, 0.15) is 5.56 Å². The maximum absolute atomic E-state index is 11.1. The van der Waals surface area contributed by atoms with E-state index in [-0.39, 0.29) is 11.3 Å². The van der Waals surface area contributed by atoms with Gasteiger partial charge >= 0.3 is 5.97 Å². The van der Waals surface area contributed by atoms with Crippen LogP contribution in [0.3, 0.4) is 0 Å². The summed E-state index contributed by atoms with van der Waals surface area (Å²) in [5.41, 5.74) is 0.209. The average Bonchev–Trinajstić information content (AvgIpc) is 3.00. The molecular weight excluding hydrogens is 248 g/mol. The number of nitro groups is 1. The van der Waals surface area contributed by atoms with Crippen molar-refractivity contribution in [2.75, 3.05) is 11.4 Å². The molecule has 1 aromatic rings. The van der Waals surface area contributed by atoms with Crippen LogP contribution in [0.1, 0.15) is 29.6 Å². The quantitative estimate of drug-likeness (QED) is 0.667. The lowest BCUT2D eigenvalue weighted by Crippen LogP contribution is -2.31. The molecule has 1 saturated heterocycles. The topological polar surface area (TPSA) is 83.7 Å². The minimum absolute atomic E-state index is 0.231. The fourth-order valence-corrected chi connectivity index (χ4v) is 3.27. The lowest BCUT2D eigenvalue weighted by atomic mass is 10.1. The molecule has 1 saturated carbocycles. The third-order valence-electron chi connectivity index (χ3n) is 4.15. The monoisotopic (exact) mass is 262 g/mol. The van der Waals surface area contributed by atoms with Crippen LogP contribution in [-0.2, 0) is 0 Å². The molecule has 0 aromatic heterocycles. The Hall–Kier alpha value is -2.11. The average molecular weight is 262 g/mol. The first kappa shape index (κ1) is 12.0. The van der Waals surface area contributed by atoms with Gasteiger partial charge < -0.3 is 10.0 Å². The molecular formula is C13H14N2O4. The van der Waals surface area contributed by atoms with Crippen LogP contribution in [-0.4, -0.2) is 28.6 Å². The second-order valence-electron chi connectivity index (χ2n) is 5.25. The number of nitrogens with zero attached hydrogens (tertiary/aromatic N) is 2. The van der Waals surface area contributed by atoms with E-state index < -0.39 is 10.9 Å². The number of carboxylic acids is 1. The Morgan fingerprint density at radius 2 is 2.21 bits per heavy atom. The SMILES string of the molecule is O=C(O)c1cc(N2CC3CCC2C3)ccc1[N+](=O)[O-]. The van der Waals surface area contributed by atoms with Crippen LogP contribution >= 0.6 is 0 Å². The van der Waals surface area contributed by atoms with E-state index in [0.29, 0.717) is 12.0 Å². The molecule has 6 nitrogen and oxygen atoms in total. The molecule has 2 fully saturated rings. The molecule has 0 amide bonds. The summed E-state index contributed by atoms with van der Waals surface area (Å²) in [4.78, 5) is 23.5. The molecule has 2 aliphatic rings. The first-order chi connectivity index (χ1) is 9.06. The standard InChI is InChI=1S/C13H14N2O4/c16-13(17)11-6-10(3-4-12(11)15(18)19)14-7-8-1-2-9(14)5-8/h3-4,6,8-9H,1-2,5,7H2,(H,16,17). The molecule has 1 N–H and O–H groups in total. The fourth-order valence-electron chi connectivity index (χ4n) is 3.27. The second kappa shape index (κ2) is 4.22. The molecule has 2 atom stereocenters. The van der Waals surface area contributed by atoms with Crippen molar-refractivity contribution < 1.29 is 14.8 Å². The fraction of sp³-hybridized carbons (Fsp3) is 0.462. The molecule has 2 bridgehead atoms. The molecule has 19 heavy (non-hydrogen) atoms. The normalized spacial score (nSPS) is 24.7. The van der Waals surface area contributed by atoms with E-state index in [1.54, 1.807) is 6.07 Å². The molecule has 1 aromatic carbocycles. The van der Waals surface area contributed by atoms with Crippen LogP contribution in [0.2, 0.25) is 0 Å². The second-order valence-corrected chi connectivity index (χ2v) is 5.25. The Bertz CT molecular complexity index is 558. The molecule has 2 unspecified atom stereocenters. The molecule has 1 aliphatic carbocycles. The summed E-state index contributed by atoms with van der Waals surface area (Å²) in [6.07, 6.45) is 3.52. The minimum atomic E-state index is -1.25. The predicted molar refractivity (Wildman–Crippen MR) is 68.5 cm³/mol. The van der Waals surface area contributed by atoms with E-state index in [1.165, 1.54) is 18.6 Å². The smallest absolute Gasteiger partial charge is 0.342 e. The summed E-state index contributed by atoms with van der Waals surface area (Å²) in [5, 5.41) is 19.9. The summed E-state index contributed by atoms with van der Waals surface area (Å²) >= 11 is 0. The lowest BCUT2D eigenvalue weighted by molar-refractivity contribution is -0.385. The summed E-state index contributed by atoms with van der Waals surface area (Å²) in [6, 6.07) is 4.85. The Morgan fingerprint density at radius 1 is 1.42 bits per heavy atom. The molecule has 6 heteroatoms. The number of carbonyl (C=O) groups is 1. The largest absolute Gasteiger partial charge is 0.477 e. The highest BCUT2D eigenvalue weighted by atomic mass is 16.6. The zero-order valence-electron chi connectivity index (χ0n) is 10.3. The zero-order chi connectivity index (χ0) is 13.6. The van der Waals surface area contributed by atoms with Crippen molar-refractivity contribution in [3.05, 3.63) is 33.9 Å². The number of fused-ring (bicyclic) bond motifs is 2. The van der Waals surface area contributed by atoms with Gasteiger partial charge in [0, 0.05) is 24.3 Å². The van der Waals surface area contributed by atoms with Gasteiger partial charge in [0.05, 0.1) is 4.92 Å². The molecule has 1 aliphatic heterocycles. The van der Waals surface area contributed by atoms with Crippen LogP contribution in [0.25, 0.3) is 0 Å². The van der Waals surface area contributed by atoms with Gasteiger partial charge in [0.15, 0.2) is 0 Å². The van der Waals surface area contributed by atoms with Gasteiger partial charge in [0.2, 0.25) is 0 Å². The molecule has 3 rings (SSSR count). The maximum atomic E-state index is 11.1. The summed E-state index contributed by atoms with van der Waals surface area (Å²) in [6.45, 7) is 0.932. The third kappa shape index (κ3) is 1.93. The van der Waals surface area contributed by atoms with E-state index in [0.717, 1.165) is 25.1 Å². The van der Waals surface area contributed by atoms with Crippen molar-refractivity contribution in [3.63, 3.8) is 0 Å². The lowest BCUT2D eigenvalue weighted by Gasteiger charge is -2.29. The van der Waals surface area contributed by atoms with Gasteiger partial charge in [-0.15, -0.1) is 0 Å². The zero-order valence-corrected chi connectivity index (χ0v) is 10.3. The van der Waals surface area contributed by atoms with E-state index in [9.17, 15) is 14.9 Å². The van der Waals surface area contributed by atoms with E-state index in [2.05, 4.69) is 4.90 Å². The van der Waals surface area contributed by atoms with E-state index >= 15 is 0 Å². The number of hydrogen-bond acceptors (Lipinski definition) is 4. The first-order valence-corrected chi connectivity index (χ1v) is 6.34. The molecule has 100 valence electrons. The number of benzene rings is 1. The number of nitro benzene ring substituents is 1. The Kier molecular flexibility index (Phi) is 2.66. The highest BCUT2D eigenvalue weighted by Gasteiger charge is 2.38.